The van der Waals surface area contributed by atoms with E-state index in [1.54, 1.807) is 0 Å². The fourth-order valence-corrected chi connectivity index (χ4v) is 5.95. The van der Waals surface area contributed by atoms with Crippen LogP contribution in [0.4, 0.5) is 11.4 Å². The van der Waals surface area contributed by atoms with Gasteiger partial charge in [0.1, 0.15) is 5.60 Å². The summed E-state index contributed by atoms with van der Waals surface area (Å²) < 4.78 is 97.2. The minimum Gasteiger partial charge on any atom is -0.759 e. The first-order chi connectivity index (χ1) is 25.5. The molecule has 1 atom stereocenters. The molecule has 0 aliphatic carbocycles. The van der Waals surface area contributed by atoms with Gasteiger partial charge >= 0.3 is 79.9 Å². The summed E-state index contributed by atoms with van der Waals surface area (Å²) in [5.74, 6) is 0. The number of hydrogen-bond donors (Lipinski definition) is 7. The third kappa shape index (κ3) is 19.3. The van der Waals surface area contributed by atoms with Gasteiger partial charge in [0.15, 0.2) is 0 Å². The zero-order valence-electron chi connectivity index (χ0n) is 31.7. The normalized spacial score (nSPS) is 11.9. The van der Waals surface area contributed by atoms with Crippen LogP contribution in [0.5, 0.6) is 0 Å². The summed E-state index contributed by atoms with van der Waals surface area (Å²) in [6, 6.07) is 39.1. The number of rotatable bonds is 9. The number of nitrogens with two attached hydrogens (primary N) is 2. The Bertz CT molecular complexity index is 2250. The summed E-state index contributed by atoms with van der Waals surface area (Å²) in [4.78, 5) is 0. The molecule has 0 spiro atoms. The van der Waals surface area contributed by atoms with Crippen LogP contribution in [0.2, 0.25) is 0 Å². The van der Waals surface area contributed by atoms with E-state index in [1.807, 2.05) is 42.5 Å². The summed E-state index contributed by atoms with van der Waals surface area (Å²) in [6.45, 7) is 4.22. The van der Waals surface area contributed by atoms with Crippen molar-refractivity contribution >= 4 is 42.6 Å². The Morgan fingerprint density at radius 3 is 1.35 bits per heavy atom. The van der Waals surface area contributed by atoms with Crippen LogP contribution in [0.3, 0.4) is 0 Å². The van der Waals surface area contributed by atoms with E-state index in [1.165, 1.54) is 16.7 Å². The Balaban J connectivity index is 0.00000158. The first kappa shape index (κ1) is 54.3. The topological polar surface area (TPSA) is 302 Å². The largest absolute Gasteiger partial charge is 1.00 e. The molecule has 57 heavy (non-hydrogen) atoms. The smallest absolute Gasteiger partial charge is 0.759 e. The van der Waals surface area contributed by atoms with E-state index in [0.29, 0.717) is 23.4 Å². The minimum atomic E-state index is -5.17. The molecule has 0 aliphatic heterocycles. The minimum absolute atomic E-state index is 0. The van der Waals surface area contributed by atoms with E-state index in [4.69, 9.17) is 64.0 Å². The van der Waals surface area contributed by atoms with Crippen molar-refractivity contribution in [1.82, 2.24) is 0 Å². The third-order valence-electron chi connectivity index (χ3n) is 8.05. The molecule has 0 aromatic heterocycles. The molecule has 0 radical (unpaired) electrons. The molecule has 0 aliphatic rings. The average Bonchev–Trinajstić information content (AvgIpc) is 3.09. The molecule has 20 heteroatoms. The maximum atomic E-state index is 13.1. The molecule has 0 saturated carbocycles. The third-order valence-corrected chi connectivity index (χ3v) is 8.05. The summed E-state index contributed by atoms with van der Waals surface area (Å²) >= 11 is 0. The molecule has 1 unspecified atom stereocenters. The summed E-state index contributed by atoms with van der Waals surface area (Å²) in [5.41, 5.74) is 22.1. The molecule has 5 aromatic rings. The van der Waals surface area contributed by atoms with Crippen molar-refractivity contribution in [2.75, 3.05) is 11.5 Å². The number of benzene rings is 5. The molecule has 0 heterocycles. The van der Waals surface area contributed by atoms with Crippen LogP contribution in [0, 0.1) is 0 Å². The van der Waals surface area contributed by atoms with Gasteiger partial charge in [0.25, 0.3) is 0 Å². The van der Waals surface area contributed by atoms with E-state index in [0.717, 1.165) is 47.1 Å². The average molecular weight is 865 g/mol. The maximum Gasteiger partial charge on any atom is 1.00 e. The van der Waals surface area contributed by atoms with Crippen molar-refractivity contribution in [2.24, 2.45) is 0 Å². The fourth-order valence-electron chi connectivity index (χ4n) is 5.95. The van der Waals surface area contributed by atoms with Gasteiger partial charge in [0, 0.05) is 16.0 Å². The van der Waals surface area contributed by atoms with Crippen molar-refractivity contribution in [3.05, 3.63) is 165 Å². The fraction of sp³-hybridized carbons (Fsp3) is 0.189. The number of aliphatic hydroxyl groups is 1. The van der Waals surface area contributed by atoms with E-state index < -0.39 is 36.8 Å². The molecule has 0 amide bonds. The van der Waals surface area contributed by atoms with Crippen molar-refractivity contribution in [2.45, 2.75) is 45.1 Å². The Hall–Kier alpha value is -2.73. The van der Waals surface area contributed by atoms with Gasteiger partial charge in [0.2, 0.25) is 0 Å². The van der Waals surface area contributed by atoms with Gasteiger partial charge in [-0.1, -0.05) is 123 Å². The van der Waals surface area contributed by atoms with Gasteiger partial charge in [-0.3, -0.25) is 26.6 Å². The Morgan fingerprint density at radius 2 is 0.947 bits per heavy atom. The Labute approximate surface area is 377 Å². The molecule has 0 bridgehead atoms. The summed E-state index contributed by atoms with van der Waals surface area (Å²) in [7, 11) is -14.5. The Morgan fingerprint density at radius 1 is 0.544 bits per heavy atom. The monoisotopic (exact) mass is 864 g/mol. The summed E-state index contributed by atoms with van der Waals surface area (Å²) in [5, 5.41) is 13.1. The first-order valence-electron chi connectivity index (χ1n) is 16.2. The van der Waals surface area contributed by atoms with Crippen LogP contribution in [-0.4, -0.2) is 57.7 Å². The second-order valence-corrected chi connectivity index (χ2v) is 14.4. The van der Waals surface area contributed by atoms with Crippen molar-refractivity contribution < 1.29 is 117 Å². The van der Waals surface area contributed by atoms with Gasteiger partial charge in [0.05, 0.1) is 11.4 Å². The summed E-state index contributed by atoms with van der Waals surface area (Å²) in [6.07, 6.45) is 3.03. The quantitative estimate of drug-likeness (QED) is 0.0301. The van der Waals surface area contributed by atoms with Crippen LogP contribution in [0.15, 0.2) is 115 Å². The second kappa shape index (κ2) is 24.4. The molecule has 0 saturated heterocycles. The van der Waals surface area contributed by atoms with Gasteiger partial charge < -0.3 is 25.7 Å². The molecule has 298 valence electrons. The van der Waals surface area contributed by atoms with Gasteiger partial charge in [-0.2, -0.15) is 16.8 Å². The number of aryl methyl sites for hydroxylation is 1. The predicted octanol–water partition coefficient (Wildman–Crippen LogP) is -1.19. The van der Waals surface area contributed by atoms with E-state index >= 15 is 0 Å². The molecule has 15 nitrogen and oxygen atoms in total. The van der Waals surface area contributed by atoms with Crippen molar-refractivity contribution in [3.8, 4) is 0 Å². The van der Waals surface area contributed by atoms with E-state index in [-0.39, 0.29) is 59.1 Å². The van der Waals surface area contributed by atoms with Gasteiger partial charge in [-0.05, 0) is 76.3 Å². The zero-order chi connectivity index (χ0) is 41.6. The van der Waals surface area contributed by atoms with Gasteiger partial charge in [-0.15, -0.1) is 0 Å². The van der Waals surface area contributed by atoms with Crippen LogP contribution in [-0.2, 0) is 62.5 Å². The van der Waals surface area contributed by atoms with Gasteiger partial charge in [-0.25, -0.2) is 0 Å². The van der Waals surface area contributed by atoms with E-state index in [2.05, 4.69) is 86.6 Å². The van der Waals surface area contributed by atoms with Crippen LogP contribution < -0.4 is 70.6 Å². The van der Waals surface area contributed by atoms with E-state index in [9.17, 15) is 5.11 Å². The van der Waals surface area contributed by atoms with Crippen molar-refractivity contribution in [3.63, 3.8) is 0 Å². The molecule has 5 aromatic carbocycles. The number of anilines is 2. The molecule has 0 fully saturated rings. The van der Waals surface area contributed by atoms with Crippen molar-refractivity contribution in [1.29, 1.82) is 0 Å². The first-order valence-corrected chi connectivity index (χ1v) is 20.3. The van der Waals surface area contributed by atoms with Crippen LogP contribution in [0.25, 0.3) is 0 Å². The maximum absolute atomic E-state index is 13.1. The number of nitrogen functional groups attached to an aromatic ring is 2. The number of hydrogen-bond acceptors (Lipinski definition) is 11. The Kier molecular flexibility index (Phi) is 23.2. The predicted molar refractivity (Wildman–Crippen MR) is 206 cm³/mol. The molecule has 9 N–H and O–H groups in total. The molecular weight excluding hydrogens is 823 g/mol. The standard InChI is InChI=1S/C37H38N2O.2Na.3H2O4S/c1-3-28-25-34(36(39)35(38)31(28)4-2)37(40,30-20-12-7-13-21-30)33-22-14-19-29(23-26-15-8-5-9-16-26)32(33)24-27-17-10-6-11-18-27;;;3*1-5(2,3)4/h5-22,25,40H,3-4,23-24,38-39H2,1-2H3;;;3*(H2,1,2,3,4)/q;2*+1;;;/p-2. The zero-order valence-corrected chi connectivity index (χ0v) is 38.1. The van der Waals surface area contributed by atoms with Crippen LogP contribution >= 0.6 is 0 Å². The van der Waals surface area contributed by atoms with Crippen LogP contribution in [0.1, 0.15) is 63.9 Å². The molecule has 5 rings (SSSR count). The second-order valence-electron chi connectivity index (χ2n) is 11.7. The molecular formula is C37H42N2Na2O13S3. The SMILES string of the molecule is CCc1cc(C(O)(c2ccccc2)c2cccc(Cc3ccccc3)c2Cc2ccccc2)c(N)c(N)c1CC.O=S(=O)(O)O.O=S(=O)(O)O.O=S(=O)([O-])[O-].[Na+].[Na+].